The SMILES string of the molecule is Clc1ccc(C#Cc2ccc(C#Cc3cc4ccccc4s3)s2)cc1. The van der Waals surface area contributed by atoms with Gasteiger partial charge in [0.1, 0.15) is 0 Å². The fourth-order valence-electron chi connectivity index (χ4n) is 2.31. The highest BCUT2D eigenvalue weighted by atomic mass is 35.5. The molecule has 4 aromatic rings. The summed E-state index contributed by atoms with van der Waals surface area (Å²) >= 11 is 9.22. The Morgan fingerprint density at radius 3 is 2.08 bits per heavy atom. The Labute approximate surface area is 159 Å². The van der Waals surface area contributed by atoms with Crippen LogP contribution in [-0.4, -0.2) is 0 Å². The lowest BCUT2D eigenvalue weighted by molar-refractivity contribution is 1.65. The molecule has 2 aromatic carbocycles. The van der Waals surface area contributed by atoms with Crippen molar-refractivity contribution >= 4 is 44.4 Å². The van der Waals surface area contributed by atoms with E-state index in [4.69, 9.17) is 11.6 Å². The summed E-state index contributed by atoms with van der Waals surface area (Å²) in [5, 5.41) is 1.97. The van der Waals surface area contributed by atoms with E-state index in [0.717, 1.165) is 25.2 Å². The van der Waals surface area contributed by atoms with Crippen LogP contribution in [0.1, 0.15) is 20.2 Å². The number of fused-ring (bicyclic) bond motifs is 1. The molecule has 0 saturated carbocycles. The topological polar surface area (TPSA) is 0 Å². The third kappa shape index (κ3) is 3.95. The summed E-state index contributed by atoms with van der Waals surface area (Å²) in [6, 6.07) is 22.1. The number of halogens is 1. The maximum Gasteiger partial charge on any atom is 0.0785 e. The van der Waals surface area contributed by atoms with E-state index in [1.54, 1.807) is 22.7 Å². The lowest BCUT2D eigenvalue weighted by Crippen LogP contribution is -1.72. The van der Waals surface area contributed by atoms with Crippen molar-refractivity contribution in [2.75, 3.05) is 0 Å². The molecule has 0 fully saturated rings. The minimum atomic E-state index is 0.723. The standard InChI is InChI=1S/C22H11ClS2/c23-18-8-5-16(6-9-18)7-10-19-11-12-20(24-19)13-14-21-15-17-3-1-2-4-22(17)25-21/h1-6,8-9,11-12,15H. The number of hydrogen-bond donors (Lipinski definition) is 0. The molecule has 0 bridgehead atoms. The van der Waals surface area contributed by atoms with Crippen LogP contribution < -0.4 is 0 Å². The quantitative estimate of drug-likeness (QED) is 0.312. The van der Waals surface area contributed by atoms with Gasteiger partial charge in [-0.25, -0.2) is 0 Å². The second-order valence-corrected chi connectivity index (χ2v) is 7.92. The van der Waals surface area contributed by atoms with Crippen LogP contribution in [-0.2, 0) is 0 Å². The van der Waals surface area contributed by atoms with Crippen LogP contribution in [0.4, 0.5) is 0 Å². The maximum atomic E-state index is 5.88. The van der Waals surface area contributed by atoms with Gasteiger partial charge in [-0.2, -0.15) is 0 Å². The fourth-order valence-corrected chi connectivity index (χ4v) is 4.06. The Hall–Kier alpha value is -2.49. The Morgan fingerprint density at radius 1 is 0.640 bits per heavy atom. The zero-order chi connectivity index (χ0) is 17.1. The van der Waals surface area contributed by atoms with Crippen LogP contribution in [0.3, 0.4) is 0 Å². The van der Waals surface area contributed by atoms with Crippen molar-refractivity contribution in [3.63, 3.8) is 0 Å². The summed E-state index contributed by atoms with van der Waals surface area (Å²) in [6.07, 6.45) is 0. The predicted octanol–water partition coefficient (Wildman–Crippen LogP) is 6.42. The van der Waals surface area contributed by atoms with Crippen LogP contribution in [0.2, 0.25) is 5.02 Å². The largest absolute Gasteiger partial charge is 0.127 e. The summed E-state index contributed by atoms with van der Waals surface area (Å²) in [5.74, 6) is 12.8. The Bertz CT molecular complexity index is 1120. The van der Waals surface area contributed by atoms with Crippen molar-refractivity contribution in [2.24, 2.45) is 0 Å². The van der Waals surface area contributed by atoms with Crippen molar-refractivity contribution in [2.45, 2.75) is 0 Å². The van der Waals surface area contributed by atoms with Gasteiger partial charge in [0.05, 0.1) is 14.6 Å². The van der Waals surface area contributed by atoms with E-state index in [9.17, 15) is 0 Å². The molecule has 25 heavy (non-hydrogen) atoms. The Kier molecular flexibility index (Phi) is 4.59. The van der Waals surface area contributed by atoms with Crippen LogP contribution >= 0.6 is 34.3 Å². The zero-order valence-corrected chi connectivity index (χ0v) is 15.4. The van der Waals surface area contributed by atoms with Gasteiger partial charge in [0.15, 0.2) is 0 Å². The predicted molar refractivity (Wildman–Crippen MR) is 110 cm³/mol. The van der Waals surface area contributed by atoms with Crippen LogP contribution in [0, 0.1) is 23.7 Å². The average Bonchev–Trinajstić information content (AvgIpc) is 3.25. The molecule has 0 aliphatic carbocycles. The number of hydrogen-bond acceptors (Lipinski definition) is 2. The first kappa shape index (κ1) is 16.0. The molecule has 0 amide bonds. The van der Waals surface area contributed by atoms with Crippen molar-refractivity contribution in [1.29, 1.82) is 0 Å². The van der Waals surface area contributed by atoms with E-state index in [-0.39, 0.29) is 0 Å². The molecule has 2 aromatic heterocycles. The van der Waals surface area contributed by atoms with Gasteiger partial charge >= 0.3 is 0 Å². The van der Waals surface area contributed by atoms with E-state index in [0.29, 0.717) is 0 Å². The van der Waals surface area contributed by atoms with Crippen molar-refractivity contribution in [3.8, 4) is 23.7 Å². The van der Waals surface area contributed by atoms with E-state index in [1.165, 1.54) is 10.1 Å². The van der Waals surface area contributed by atoms with E-state index in [2.05, 4.69) is 54.0 Å². The van der Waals surface area contributed by atoms with Gasteiger partial charge in [-0.05, 0) is 65.8 Å². The first-order valence-electron chi connectivity index (χ1n) is 7.64. The molecule has 0 radical (unpaired) electrons. The molecule has 3 heteroatoms. The van der Waals surface area contributed by atoms with E-state index < -0.39 is 0 Å². The minimum absolute atomic E-state index is 0.723. The lowest BCUT2D eigenvalue weighted by atomic mass is 10.2. The highest BCUT2D eigenvalue weighted by Crippen LogP contribution is 2.24. The molecule has 4 rings (SSSR count). The first-order chi connectivity index (χ1) is 12.3. The summed E-state index contributed by atoms with van der Waals surface area (Å²) < 4.78 is 1.27. The van der Waals surface area contributed by atoms with Crippen LogP contribution in [0.5, 0.6) is 0 Å². The Morgan fingerprint density at radius 2 is 1.32 bits per heavy atom. The second kappa shape index (κ2) is 7.18. The Balaban J connectivity index is 1.53. The molecule has 0 aliphatic rings. The van der Waals surface area contributed by atoms with E-state index >= 15 is 0 Å². The first-order valence-corrected chi connectivity index (χ1v) is 9.65. The van der Waals surface area contributed by atoms with Gasteiger partial charge in [0, 0.05) is 15.3 Å². The summed E-state index contributed by atoms with van der Waals surface area (Å²) in [4.78, 5) is 3.12. The fraction of sp³-hybridized carbons (Fsp3) is 0. The summed E-state index contributed by atoms with van der Waals surface area (Å²) in [5.41, 5.74) is 0.954. The number of rotatable bonds is 0. The highest BCUT2D eigenvalue weighted by molar-refractivity contribution is 7.19. The molecular formula is C22H11ClS2. The average molecular weight is 375 g/mol. The second-order valence-electron chi connectivity index (χ2n) is 5.32. The van der Waals surface area contributed by atoms with Crippen LogP contribution in [0.25, 0.3) is 10.1 Å². The van der Waals surface area contributed by atoms with Gasteiger partial charge in [-0.1, -0.05) is 41.6 Å². The highest BCUT2D eigenvalue weighted by Gasteiger charge is 1.98. The normalized spacial score (nSPS) is 9.96. The molecule has 0 aliphatic heterocycles. The lowest BCUT2D eigenvalue weighted by Gasteiger charge is -1.89. The molecule has 2 heterocycles. The van der Waals surface area contributed by atoms with Gasteiger partial charge < -0.3 is 0 Å². The minimum Gasteiger partial charge on any atom is -0.127 e. The molecule has 0 saturated heterocycles. The maximum absolute atomic E-state index is 5.88. The monoisotopic (exact) mass is 374 g/mol. The van der Waals surface area contributed by atoms with Gasteiger partial charge in [-0.3, -0.25) is 0 Å². The van der Waals surface area contributed by atoms with Gasteiger partial charge in [0.25, 0.3) is 0 Å². The van der Waals surface area contributed by atoms with Crippen LogP contribution in [0.15, 0.2) is 66.7 Å². The van der Waals surface area contributed by atoms with Crippen molar-refractivity contribution < 1.29 is 0 Å². The van der Waals surface area contributed by atoms with Crippen molar-refractivity contribution in [1.82, 2.24) is 0 Å². The van der Waals surface area contributed by atoms with Crippen molar-refractivity contribution in [3.05, 3.63) is 91.9 Å². The number of benzene rings is 2. The smallest absolute Gasteiger partial charge is 0.0785 e. The zero-order valence-electron chi connectivity index (χ0n) is 13.0. The molecule has 0 spiro atoms. The van der Waals surface area contributed by atoms with E-state index in [1.807, 2.05) is 36.4 Å². The molecule has 118 valence electrons. The molecule has 0 unspecified atom stereocenters. The molecule has 0 nitrogen and oxygen atoms in total. The number of thiophene rings is 2. The van der Waals surface area contributed by atoms with Gasteiger partial charge in [0.2, 0.25) is 0 Å². The third-order valence-corrected chi connectivity index (χ3v) is 5.71. The molecular weight excluding hydrogens is 364 g/mol. The summed E-state index contributed by atoms with van der Waals surface area (Å²) in [6.45, 7) is 0. The third-order valence-electron chi connectivity index (χ3n) is 3.51. The molecule has 0 atom stereocenters. The van der Waals surface area contributed by atoms with Gasteiger partial charge in [-0.15, -0.1) is 22.7 Å². The molecule has 0 N–H and O–H groups in total. The summed E-state index contributed by atoms with van der Waals surface area (Å²) in [7, 11) is 0.